The highest BCUT2D eigenvalue weighted by Gasteiger charge is 2.37. The zero-order chi connectivity index (χ0) is 18.7. The molecule has 3 aromatic carbocycles. The van der Waals surface area contributed by atoms with Crippen molar-refractivity contribution in [2.24, 2.45) is 0 Å². The Morgan fingerprint density at radius 2 is 1.41 bits per heavy atom. The molecule has 1 nitrogen and oxygen atoms in total. The molecular formula is C26H29N. The lowest BCUT2D eigenvalue weighted by molar-refractivity contribution is 0.172. The number of likely N-dealkylation sites (tertiary alicyclic amines) is 1. The molecule has 1 fully saturated rings. The van der Waals surface area contributed by atoms with E-state index in [9.17, 15) is 0 Å². The van der Waals surface area contributed by atoms with E-state index in [-0.39, 0.29) is 5.41 Å². The molecule has 0 aliphatic carbocycles. The number of nitrogens with zero attached hydrogens (tertiary/aromatic N) is 1. The van der Waals surface area contributed by atoms with Crippen molar-refractivity contribution in [2.45, 2.75) is 38.6 Å². The van der Waals surface area contributed by atoms with Crippen LogP contribution in [-0.2, 0) is 12.0 Å². The van der Waals surface area contributed by atoms with Crippen LogP contribution in [0.1, 0.15) is 40.7 Å². The van der Waals surface area contributed by atoms with Crippen molar-refractivity contribution in [3.05, 3.63) is 107 Å². The Morgan fingerprint density at radius 3 is 2.07 bits per heavy atom. The van der Waals surface area contributed by atoms with Gasteiger partial charge in [0.05, 0.1) is 0 Å². The lowest BCUT2D eigenvalue weighted by Crippen LogP contribution is -2.43. The van der Waals surface area contributed by atoms with Gasteiger partial charge in [-0.15, -0.1) is 0 Å². The maximum absolute atomic E-state index is 2.61. The lowest BCUT2D eigenvalue weighted by atomic mass is 9.67. The van der Waals surface area contributed by atoms with Crippen molar-refractivity contribution in [1.82, 2.24) is 4.90 Å². The van der Waals surface area contributed by atoms with Gasteiger partial charge in [0, 0.05) is 12.0 Å². The highest BCUT2D eigenvalue weighted by atomic mass is 15.1. The average molecular weight is 356 g/mol. The monoisotopic (exact) mass is 355 g/mol. The highest BCUT2D eigenvalue weighted by molar-refractivity contribution is 5.42. The summed E-state index contributed by atoms with van der Waals surface area (Å²) in [5, 5.41) is 0. The van der Waals surface area contributed by atoms with E-state index < -0.39 is 0 Å². The Morgan fingerprint density at radius 1 is 0.704 bits per heavy atom. The van der Waals surface area contributed by atoms with Gasteiger partial charge in [0.25, 0.3) is 0 Å². The molecule has 0 N–H and O–H groups in total. The number of benzene rings is 3. The Balaban J connectivity index is 1.62. The summed E-state index contributed by atoms with van der Waals surface area (Å²) in [5.41, 5.74) is 7.18. The average Bonchev–Trinajstić information content (AvgIpc) is 2.70. The number of hydrogen-bond donors (Lipinski definition) is 0. The van der Waals surface area contributed by atoms with Crippen LogP contribution in [0.3, 0.4) is 0 Å². The van der Waals surface area contributed by atoms with Gasteiger partial charge in [0.15, 0.2) is 0 Å². The summed E-state index contributed by atoms with van der Waals surface area (Å²) in [6.45, 7) is 7.70. The zero-order valence-electron chi connectivity index (χ0n) is 16.5. The first kappa shape index (κ1) is 18.0. The Hall–Kier alpha value is -2.38. The number of hydrogen-bond acceptors (Lipinski definition) is 1. The molecule has 0 amide bonds. The van der Waals surface area contributed by atoms with E-state index in [0.29, 0.717) is 0 Å². The fourth-order valence-corrected chi connectivity index (χ4v) is 4.49. The Bertz CT molecular complexity index is 872. The molecule has 138 valence electrons. The molecule has 3 aromatic rings. The van der Waals surface area contributed by atoms with Crippen LogP contribution in [0.15, 0.2) is 78.9 Å². The molecule has 1 aliphatic rings. The van der Waals surface area contributed by atoms with E-state index in [1.54, 1.807) is 0 Å². The first-order valence-corrected chi connectivity index (χ1v) is 10.1. The molecule has 1 heterocycles. The number of piperidine rings is 1. The molecule has 4 rings (SSSR count). The van der Waals surface area contributed by atoms with Gasteiger partial charge in [-0.05, 0) is 56.5 Å². The molecule has 1 heteroatoms. The molecule has 0 unspecified atom stereocenters. The molecule has 27 heavy (non-hydrogen) atoms. The second-order valence-electron chi connectivity index (χ2n) is 8.08. The molecule has 0 bridgehead atoms. The third-order valence-electron chi connectivity index (χ3n) is 6.13. The third kappa shape index (κ3) is 3.84. The van der Waals surface area contributed by atoms with Crippen molar-refractivity contribution in [3.8, 4) is 0 Å². The molecule has 0 aromatic heterocycles. The maximum atomic E-state index is 2.61. The number of aryl methyl sites for hydroxylation is 2. The van der Waals surface area contributed by atoms with Crippen LogP contribution in [0, 0.1) is 13.8 Å². The van der Waals surface area contributed by atoms with Crippen LogP contribution in [0.2, 0.25) is 0 Å². The van der Waals surface area contributed by atoms with Crippen LogP contribution in [-0.4, -0.2) is 18.0 Å². The molecule has 0 atom stereocenters. The van der Waals surface area contributed by atoms with Crippen molar-refractivity contribution in [2.75, 3.05) is 13.1 Å². The molecule has 0 saturated carbocycles. The van der Waals surface area contributed by atoms with Crippen molar-refractivity contribution in [3.63, 3.8) is 0 Å². The SMILES string of the molecule is Cc1ccc(C2(c3cccc(C)c3)CCN(Cc3ccccc3)CC2)cc1. The normalized spacial score (nSPS) is 17.0. The van der Waals surface area contributed by atoms with Crippen LogP contribution in [0.5, 0.6) is 0 Å². The second kappa shape index (κ2) is 7.70. The third-order valence-corrected chi connectivity index (χ3v) is 6.13. The fraction of sp³-hybridized carbons (Fsp3) is 0.308. The van der Waals surface area contributed by atoms with Gasteiger partial charge < -0.3 is 0 Å². The van der Waals surface area contributed by atoms with Crippen molar-refractivity contribution >= 4 is 0 Å². The molecule has 0 radical (unpaired) electrons. The van der Waals surface area contributed by atoms with Gasteiger partial charge in [0.2, 0.25) is 0 Å². The van der Waals surface area contributed by atoms with Gasteiger partial charge in [-0.2, -0.15) is 0 Å². The Labute approximate surface area is 163 Å². The first-order chi connectivity index (χ1) is 13.2. The summed E-state index contributed by atoms with van der Waals surface area (Å²) < 4.78 is 0. The predicted molar refractivity (Wildman–Crippen MR) is 114 cm³/mol. The van der Waals surface area contributed by atoms with Gasteiger partial charge in [0.1, 0.15) is 0 Å². The van der Waals surface area contributed by atoms with Crippen LogP contribution in [0.25, 0.3) is 0 Å². The van der Waals surface area contributed by atoms with Crippen LogP contribution >= 0.6 is 0 Å². The van der Waals surface area contributed by atoms with E-state index in [2.05, 4.69) is 97.6 Å². The van der Waals surface area contributed by atoms with Gasteiger partial charge in [-0.25, -0.2) is 0 Å². The maximum Gasteiger partial charge on any atom is 0.0233 e. The second-order valence-corrected chi connectivity index (χ2v) is 8.08. The van der Waals surface area contributed by atoms with E-state index in [1.165, 1.54) is 40.7 Å². The quantitative estimate of drug-likeness (QED) is 0.564. The van der Waals surface area contributed by atoms with Crippen molar-refractivity contribution in [1.29, 1.82) is 0 Å². The minimum atomic E-state index is 0.132. The van der Waals surface area contributed by atoms with Gasteiger partial charge in [-0.1, -0.05) is 90.0 Å². The fourth-order valence-electron chi connectivity index (χ4n) is 4.49. The first-order valence-electron chi connectivity index (χ1n) is 10.1. The lowest BCUT2D eigenvalue weighted by Gasteiger charge is -2.43. The van der Waals surface area contributed by atoms with E-state index in [1.807, 2.05) is 0 Å². The minimum absolute atomic E-state index is 0.132. The van der Waals surface area contributed by atoms with E-state index >= 15 is 0 Å². The van der Waals surface area contributed by atoms with Crippen molar-refractivity contribution < 1.29 is 0 Å². The van der Waals surface area contributed by atoms with Gasteiger partial charge in [-0.3, -0.25) is 4.90 Å². The van der Waals surface area contributed by atoms with Crippen LogP contribution in [0.4, 0.5) is 0 Å². The molecule has 0 spiro atoms. The van der Waals surface area contributed by atoms with Crippen LogP contribution < -0.4 is 0 Å². The smallest absolute Gasteiger partial charge is 0.0233 e. The summed E-state index contributed by atoms with van der Waals surface area (Å²) in [5.74, 6) is 0. The summed E-state index contributed by atoms with van der Waals surface area (Å²) in [7, 11) is 0. The minimum Gasteiger partial charge on any atom is -0.299 e. The zero-order valence-corrected chi connectivity index (χ0v) is 16.5. The largest absolute Gasteiger partial charge is 0.299 e. The van der Waals surface area contributed by atoms with Gasteiger partial charge >= 0.3 is 0 Å². The highest BCUT2D eigenvalue weighted by Crippen LogP contribution is 2.42. The summed E-state index contributed by atoms with van der Waals surface area (Å²) in [4.78, 5) is 2.61. The standard InChI is InChI=1S/C26H29N/c1-21-11-13-24(14-12-21)26(25-10-6-7-22(2)19-25)15-17-27(18-16-26)20-23-8-4-3-5-9-23/h3-14,19H,15-18,20H2,1-2H3. The van der Waals surface area contributed by atoms with E-state index in [4.69, 9.17) is 0 Å². The summed E-state index contributed by atoms with van der Waals surface area (Å²) in [6, 6.07) is 29.2. The topological polar surface area (TPSA) is 3.24 Å². The summed E-state index contributed by atoms with van der Waals surface area (Å²) in [6.07, 6.45) is 2.35. The summed E-state index contributed by atoms with van der Waals surface area (Å²) >= 11 is 0. The molecular weight excluding hydrogens is 326 g/mol. The molecule has 1 saturated heterocycles. The van der Waals surface area contributed by atoms with E-state index in [0.717, 1.165) is 19.6 Å². The number of rotatable bonds is 4. The Kier molecular flexibility index (Phi) is 5.13. The predicted octanol–water partition coefficient (Wildman–Crippen LogP) is 5.89. The molecule has 1 aliphatic heterocycles.